The molecule has 2 rings (SSSR count). The van der Waals surface area contributed by atoms with E-state index in [1.165, 1.54) is 12.1 Å². The highest BCUT2D eigenvalue weighted by Crippen LogP contribution is 2.15. The summed E-state index contributed by atoms with van der Waals surface area (Å²) in [6.07, 6.45) is -0.831. The van der Waals surface area contributed by atoms with E-state index >= 15 is 0 Å². The minimum atomic E-state index is -0.831. The largest absolute Gasteiger partial charge is 0.448 e. The van der Waals surface area contributed by atoms with Crippen LogP contribution in [0, 0.1) is 10.6 Å². The lowest BCUT2D eigenvalue weighted by Gasteiger charge is -2.04. The van der Waals surface area contributed by atoms with Crippen LogP contribution in [-0.2, 0) is 11.3 Å². The summed E-state index contributed by atoms with van der Waals surface area (Å²) in [4.78, 5) is 13.3. The van der Waals surface area contributed by atoms with Crippen LogP contribution in [0.15, 0.2) is 18.2 Å². The number of fused-ring (bicyclic) bond motifs is 1. The second-order valence-electron chi connectivity index (χ2n) is 3.41. The zero-order valence-electron chi connectivity index (χ0n) is 8.77. The normalized spacial score (nSPS) is 10.6. The highest BCUT2D eigenvalue weighted by atomic mass is 32.1. The number of hydrogen-bond donors (Lipinski definition) is 2. The Morgan fingerprint density at radius 2 is 2.35 bits per heavy atom. The maximum Gasteiger partial charge on any atom is 0.404 e. The Kier molecular flexibility index (Phi) is 3.10. The van der Waals surface area contributed by atoms with Crippen LogP contribution in [0.2, 0.25) is 0 Å². The predicted octanol–water partition coefficient (Wildman–Crippen LogP) is 1.93. The van der Waals surface area contributed by atoms with Crippen LogP contribution in [0.3, 0.4) is 0 Å². The summed E-state index contributed by atoms with van der Waals surface area (Å²) in [6.45, 7) is 0.487. The number of carbonyl (C=O) groups is 1. The summed E-state index contributed by atoms with van der Waals surface area (Å²) in [5.41, 5.74) is 6.21. The molecule has 0 aliphatic rings. The van der Waals surface area contributed by atoms with Crippen LogP contribution in [0.1, 0.15) is 0 Å². The van der Waals surface area contributed by atoms with Gasteiger partial charge in [-0.3, -0.25) is 0 Å². The molecule has 0 spiro atoms. The molecule has 0 saturated heterocycles. The number of imidazole rings is 1. The third-order valence-electron chi connectivity index (χ3n) is 2.30. The van der Waals surface area contributed by atoms with Crippen molar-refractivity contribution in [3.8, 4) is 0 Å². The molecule has 0 fully saturated rings. The number of hydrogen-bond acceptors (Lipinski definition) is 3. The summed E-state index contributed by atoms with van der Waals surface area (Å²) < 4.78 is 19.8. The fraction of sp³-hybridized carbons (Fsp3) is 0.200. The highest BCUT2D eigenvalue weighted by Gasteiger charge is 2.05. The van der Waals surface area contributed by atoms with Crippen molar-refractivity contribution in [3.63, 3.8) is 0 Å². The summed E-state index contributed by atoms with van der Waals surface area (Å²) in [5.74, 6) is -0.339. The van der Waals surface area contributed by atoms with Gasteiger partial charge in [-0.25, -0.2) is 9.18 Å². The molecule has 1 amide bonds. The Morgan fingerprint density at radius 3 is 3.06 bits per heavy atom. The SMILES string of the molecule is NC(=O)OCCn1c(=S)[nH]c2cc(F)ccc21. The molecular weight excluding hydrogens is 245 g/mol. The first-order valence-corrected chi connectivity index (χ1v) is 5.29. The number of nitrogens with two attached hydrogens (primary N) is 1. The molecule has 0 aliphatic carbocycles. The van der Waals surface area contributed by atoms with Crippen molar-refractivity contribution in [2.75, 3.05) is 6.61 Å². The van der Waals surface area contributed by atoms with Crippen LogP contribution < -0.4 is 5.73 Å². The van der Waals surface area contributed by atoms with E-state index in [-0.39, 0.29) is 12.4 Å². The Labute approximate surface area is 101 Å². The third-order valence-corrected chi connectivity index (χ3v) is 2.62. The van der Waals surface area contributed by atoms with Crippen molar-refractivity contribution in [3.05, 3.63) is 28.8 Å². The monoisotopic (exact) mass is 255 g/mol. The number of benzene rings is 1. The lowest BCUT2D eigenvalue weighted by atomic mass is 10.3. The van der Waals surface area contributed by atoms with Crippen LogP contribution >= 0.6 is 12.2 Å². The van der Waals surface area contributed by atoms with Crippen molar-refractivity contribution < 1.29 is 13.9 Å². The van der Waals surface area contributed by atoms with Crippen LogP contribution in [0.4, 0.5) is 9.18 Å². The molecule has 3 N–H and O–H groups in total. The smallest absolute Gasteiger partial charge is 0.404 e. The number of H-pyrrole nitrogens is 1. The van der Waals surface area contributed by atoms with Gasteiger partial charge in [0.05, 0.1) is 17.6 Å². The first-order chi connectivity index (χ1) is 8.08. The van der Waals surface area contributed by atoms with E-state index in [2.05, 4.69) is 9.72 Å². The van der Waals surface area contributed by atoms with Crippen molar-refractivity contribution in [1.29, 1.82) is 0 Å². The second-order valence-corrected chi connectivity index (χ2v) is 3.80. The number of ether oxygens (including phenoxy) is 1. The molecule has 0 bridgehead atoms. The average Bonchev–Trinajstić information content (AvgIpc) is 2.54. The van der Waals surface area contributed by atoms with Crippen molar-refractivity contribution in [2.24, 2.45) is 5.73 Å². The maximum absolute atomic E-state index is 13.0. The number of nitrogens with zero attached hydrogens (tertiary/aromatic N) is 1. The van der Waals surface area contributed by atoms with Crippen LogP contribution in [0.25, 0.3) is 11.0 Å². The Bertz CT molecular complexity index is 620. The fourth-order valence-corrected chi connectivity index (χ4v) is 1.89. The number of primary amides is 1. The number of rotatable bonds is 3. The van der Waals surface area contributed by atoms with Crippen LogP contribution in [-0.4, -0.2) is 22.3 Å². The van der Waals surface area contributed by atoms with E-state index in [0.29, 0.717) is 16.8 Å². The zero-order chi connectivity index (χ0) is 12.4. The Hall–Kier alpha value is -1.89. The average molecular weight is 255 g/mol. The Balaban J connectivity index is 2.30. The molecule has 0 atom stereocenters. The van der Waals surface area contributed by atoms with E-state index in [1.807, 2.05) is 0 Å². The first-order valence-electron chi connectivity index (χ1n) is 4.88. The number of aromatic nitrogens is 2. The van der Waals surface area contributed by atoms with Gasteiger partial charge in [0.15, 0.2) is 4.77 Å². The van der Waals surface area contributed by atoms with Gasteiger partial charge in [0.25, 0.3) is 0 Å². The minimum absolute atomic E-state index is 0.119. The molecule has 17 heavy (non-hydrogen) atoms. The summed E-state index contributed by atoms with van der Waals surface area (Å²) in [7, 11) is 0. The molecule has 0 saturated carbocycles. The van der Waals surface area contributed by atoms with E-state index in [0.717, 1.165) is 5.52 Å². The maximum atomic E-state index is 13.0. The molecule has 0 aliphatic heterocycles. The fourth-order valence-electron chi connectivity index (χ4n) is 1.60. The number of carbonyl (C=O) groups excluding carboxylic acids is 1. The van der Waals surface area contributed by atoms with Crippen molar-refractivity contribution in [2.45, 2.75) is 6.54 Å². The second kappa shape index (κ2) is 4.54. The number of nitrogens with one attached hydrogen (secondary N) is 1. The number of halogens is 1. The summed E-state index contributed by atoms with van der Waals surface area (Å²) >= 11 is 5.09. The van der Waals surface area contributed by atoms with Gasteiger partial charge in [-0.2, -0.15) is 0 Å². The number of amides is 1. The lowest BCUT2D eigenvalue weighted by molar-refractivity contribution is 0.152. The van der Waals surface area contributed by atoms with E-state index in [9.17, 15) is 9.18 Å². The van der Waals surface area contributed by atoms with Gasteiger partial charge in [-0.05, 0) is 30.4 Å². The third kappa shape index (κ3) is 2.44. The van der Waals surface area contributed by atoms with Crippen LogP contribution in [0.5, 0.6) is 0 Å². The zero-order valence-corrected chi connectivity index (χ0v) is 9.59. The standard InChI is InChI=1S/C10H10FN3O2S/c11-6-1-2-8-7(5-6)13-10(17)14(8)3-4-16-9(12)15/h1-2,5H,3-4H2,(H2,12,15)(H,13,17). The molecular formula is C10H10FN3O2S. The topological polar surface area (TPSA) is 73.0 Å². The van der Waals surface area contributed by atoms with Gasteiger partial charge in [0.2, 0.25) is 0 Å². The molecule has 0 unspecified atom stereocenters. The van der Waals surface area contributed by atoms with Crippen molar-refractivity contribution >= 4 is 29.3 Å². The van der Waals surface area contributed by atoms with Gasteiger partial charge in [-0.1, -0.05) is 0 Å². The van der Waals surface area contributed by atoms with Gasteiger partial charge in [-0.15, -0.1) is 0 Å². The van der Waals surface area contributed by atoms with Gasteiger partial charge >= 0.3 is 6.09 Å². The van der Waals surface area contributed by atoms with E-state index in [1.54, 1.807) is 10.6 Å². The molecule has 5 nitrogen and oxygen atoms in total. The molecule has 2 aromatic rings. The molecule has 1 aromatic heterocycles. The lowest BCUT2D eigenvalue weighted by Crippen LogP contribution is -2.16. The highest BCUT2D eigenvalue weighted by molar-refractivity contribution is 7.71. The van der Waals surface area contributed by atoms with Gasteiger partial charge < -0.3 is 20.0 Å². The molecule has 1 aromatic carbocycles. The van der Waals surface area contributed by atoms with E-state index < -0.39 is 6.09 Å². The molecule has 7 heteroatoms. The Morgan fingerprint density at radius 1 is 1.59 bits per heavy atom. The minimum Gasteiger partial charge on any atom is -0.448 e. The van der Waals surface area contributed by atoms with E-state index in [4.69, 9.17) is 18.0 Å². The first kappa shape index (κ1) is 11.6. The predicted molar refractivity (Wildman–Crippen MR) is 62.6 cm³/mol. The van der Waals surface area contributed by atoms with Crippen molar-refractivity contribution in [1.82, 2.24) is 9.55 Å². The molecule has 90 valence electrons. The van der Waals surface area contributed by atoms with Gasteiger partial charge in [0, 0.05) is 0 Å². The van der Waals surface area contributed by atoms with Gasteiger partial charge in [0.1, 0.15) is 12.4 Å². The molecule has 1 heterocycles. The number of aromatic amines is 1. The quantitative estimate of drug-likeness (QED) is 0.823. The summed E-state index contributed by atoms with van der Waals surface area (Å²) in [6, 6.07) is 4.31. The summed E-state index contributed by atoms with van der Waals surface area (Å²) in [5, 5.41) is 0. The molecule has 0 radical (unpaired) electrons.